The van der Waals surface area contributed by atoms with Gasteiger partial charge >= 0.3 is 0 Å². The van der Waals surface area contributed by atoms with Crippen molar-refractivity contribution in [3.05, 3.63) is 65.7 Å². The topological polar surface area (TPSA) is 84.8 Å². The van der Waals surface area contributed by atoms with E-state index in [1.807, 2.05) is 30.3 Å². The second-order valence-corrected chi connectivity index (χ2v) is 8.76. The number of rotatable bonds is 4. The zero-order valence-corrected chi connectivity index (χ0v) is 18.1. The molecule has 8 nitrogen and oxygen atoms in total. The monoisotopic (exact) mass is 462 g/mol. The SMILES string of the molecule is Oc1ccccc1Oc1cc2c(cc1[C@H]1OC[C@H]3[C@@H]1CO[C@@H]3c1ccc3c(c1)OCO3)OCO2. The molecule has 34 heavy (non-hydrogen) atoms. The molecule has 0 amide bonds. The first-order valence-corrected chi connectivity index (χ1v) is 11.3. The largest absolute Gasteiger partial charge is 0.504 e. The van der Waals surface area contributed by atoms with E-state index in [0.717, 1.165) is 22.6 Å². The van der Waals surface area contributed by atoms with Gasteiger partial charge in [-0.3, -0.25) is 0 Å². The predicted molar refractivity (Wildman–Crippen MR) is 118 cm³/mol. The Hall–Kier alpha value is -3.62. The first kappa shape index (κ1) is 19.8. The van der Waals surface area contributed by atoms with Crippen LogP contribution in [0.15, 0.2) is 54.6 Å². The fourth-order valence-electron chi connectivity index (χ4n) is 5.21. The summed E-state index contributed by atoms with van der Waals surface area (Å²) in [5.41, 5.74) is 1.90. The fourth-order valence-corrected chi connectivity index (χ4v) is 5.21. The lowest BCUT2D eigenvalue weighted by molar-refractivity contribution is 0.0186. The van der Waals surface area contributed by atoms with Crippen molar-refractivity contribution in [2.45, 2.75) is 12.2 Å². The summed E-state index contributed by atoms with van der Waals surface area (Å²) in [6.45, 7) is 1.50. The third-order valence-electron chi connectivity index (χ3n) is 6.89. The van der Waals surface area contributed by atoms with Crippen LogP contribution >= 0.6 is 0 Å². The highest BCUT2D eigenvalue weighted by Gasteiger charge is 2.49. The number of aromatic hydroxyl groups is 1. The molecule has 1 N–H and O–H groups in total. The lowest BCUT2D eigenvalue weighted by Gasteiger charge is -2.21. The van der Waals surface area contributed by atoms with Gasteiger partial charge in [-0.25, -0.2) is 0 Å². The van der Waals surface area contributed by atoms with Crippen molar-refractivity contribution in [1.82, 2.24) is 0 Å². The molecule has 3 aromatic carbocycles. The maximum absolute atomic E-state index is 10.2. The van der Waals surface area contributed by atoms with Crippen LogP contribution in [0, 0.1) is 11.8 Å². The minimum absolute atomic E-state index is 0.0587. The Bertz CT molecular complexity index is 1260. The molecule has 0 unspecified atom stereocenters. The van der Waals surface area contributed by atoms with Gasteiger partial charge in [-0.05, 0) is 35.9 Å². The Labute approximate surface area is 195 Å². The molecule has 0 bridgehead atoms. The Balaban J connectivity index is 1.21. The molecule has 2 fully saturated rings. The Kier molecular flexibility index (Phi) is 4.50. The molecule has 4 atom stereocenters. The van der Waals surface area contributed by atoms with Gasteiger partial charge in [-0.2, -0.15) is 0 Å². The average molecular weight is 462 g/mol. The minimum Gasteiger partial charge on any atom is -0.504 e. The zero-order chi connectivity index (χ0) is 22.6. The minimum atomic E-state index is -0.251. The van der Waals surface area contributed by atoms with Crippen LogP contribution in [-0.2, 0) is 9.47 Å². The molecule has 0 saturated carbocycles. The molecule has 4 aliphatic rings. The van der Waals surface area contributed by atoms with Gasteiger partial charge in [0.25, 0.3) is 0 Å². The van der Waals surface area contributed by atoms with Crippen molar-refractivity contribution in [2.24, 2.45) is 11.8 Å². The summed E-state index contributed by atoms with van der Waals surface area (Å²) >= 11 is 0. The molecule has 0 aliphatic carbocycles. The average Bonchev–Trinajstić information content (AvgIpc) is 3.63. The molecule has 2 saturated heterocycles. The highest BCUT2D eigenvalue weighted by Crippen LogP contribution is 2.54. The maximum atomic E-state index is 10.2. The Morgan fingerprint density at radius 2 is 1.35 bits per heavy atom. The first-order valence-electron chi connectivity index (χ1n) is 11.3. The lowest BCUT2D eigenvalue weighted by Crippen LogP contribution is -2.15. The molecular weight excluding hydrogens is 440 g/mol. The number of hydrogen-bond donors (Lipinski definition) is 1. The van der Waals surface area contributed by atoms with Crippen molar-refractivity contribution in [3.8, 4) is 40.2 Å². The van der Waals surface area contributed by atoms with Crippen LogP contribution in [0.4, 0.5) is 0 Å². The summed E-state index contributed by atoms with van der Waals surface area (Å²) in [7, 11) is 0. The van der Waals surface area contributed by atoms with Crippen LogP contribution in [0.25, 0.3) is 0 Å². The quantitative estimate of drug-likeness (QED) is 0.597. The van der Waals surface area contributed by atoms with E-state index in [1.54, 1.807) is 24.3 Å². The third-order valence-corrected chi connectivity index (χ3v) is 6.89. The first-order chi connectivity index (χ1) is 16.7. The van der Waals surface area contributed by atoms with Crippen LogP contribution in [0.1, 0.15) is 23.3 Å². The molecule has 4 aliphatic heterocycles. The van der Waals surface area contributed by atoms with Crippen LogP contribution in [0.5, 0.6) is 40.2 Å². The van der Waals surface area contributed by atoms with Gasteiger partial charge in [0.05, 0.1) is 25.4 Å². The highest BCUT2D eigenvalue weighted by molar-refractivity contribution is 5.55. The summed E-state index contributed by atoms with van der Waals surface area (Å²) in [5.74, 6) is 4.03. The molecule has 0 radical (unpaired) electrons. The van der Waals surface area contributed by atoms with Gasteiger partial charge in [0.15, 0.2) is 34.5 Å². The number of hydrogen-bond acceptors (Lipinski definition) is 8. The summed E-state index contributed by atoms with van der Waals surface area (Å²) in [6, 6.07) is 16.5. The number of para-hydroxylation sites is 2. The summed E-state index contributed by atoms with van der Waals surface area (Å²) < 4.78 is 41.0. The molecule has 7 rings (SSSR count). The van der Waals surface area contributed by atoms with Crippen LogP contribution < -0.4 is 23.7 Å². The van der Waals surface area contributed by atoms with Crippen molar-refractivity contribution < 1.29 is 38.3 Å². The van der Waals surface area contributed by atoms with Crippen molar-refractivity contribution in [3.63, 3.8) is 0 Å². The van der Waals surface area contributed by atoms with E-state index in [0.29, 0.717) is 36.2 Å². The van der Waals surface area contributed by atoms with Crippen LogP contribution in [-0.4, -0.2) is 31.9 Å². The normalized spacial score (nSPS) is 26.0. The van der Waals surface area contributed by atoms with Crippen molar-refractivity contribution in [2.75, 3.05) is 26.8 Å². The van der Waals surface area contributed by atoms with Gasteiger partial charge in [0, 0.05) is 23.5 Å². The Morgan fingerprint density at radius 1 is 0.676 bits per heavy atom. The van der Waals surface area contributed by atoms with Gasteiger partial charge in [-0.15, -0.1) is 0 Å². The van der Waals surface area contributed by atoms with Crippen LogP contribution in [0.3, 0.4) is 0 Å². The van der Waals surface area contributed by atoms with Gasteiger partial charge < -0.3 is 38.3 Å². The standard InChI is InChI=1S/C26H22O8/c27-18-3-1-2-4-19(18)34-21-9-24-23(32-13-33-24)8-15(21)26-17-11-28-25(16(17)10-29-26)14-5-6-20-22(7-14)31-12-30-20/h1-9,16-17,25-27H,10-13H2/t16-,17-,25+,26+/m0/s1. The number of fused-ring (bicyclic) bond motifs is 3. The second-order valence-electron chi connectivity index (χ2n) is 8.76. The molecule has 0 spiro atoms. The van der Waals surface area contributed by atoms with Crippen molar-refractivity contribution >= 4 is 0 Å². The van der Waals surface area contributed by atoms with E-state index in [9.17, 15) is 5.11 Å². The maximum Gasteiger partial charge on any atom is 0.231 e. The van der Waals surface area contributed by atoms with Gasteiger partial charge in [-0.1, -0.05) is 18.2 Å². The molecule has 3 aromatic rings. The number of ether oxygens (including phenoxy) is 7. The number of benzene rings is 3. The van der Waals surface area contributed by atoms with Gasteiger partial charge in [0.1, 0.15) is 5.75 Å². The van der Waals surface area contributed by atoms with E-state index in [2.05, 4.69) is 0 Å². The second kappa shape index (κ2) is 7.72. The summed E-state index contributed by atoms with van der Waals surface area (Å²) in [5, 5.41) is 10.2. The van der Waals surface area contributed by atoms with Crippen molar-refractivity contribution in [1.29, 1.82) is 0 Å². The third kappa shape index (κ3) is 3.13. The molecule has 8 heteroatoms. The van der Waals surface area contributed by atoms with E-state index in [-0.39, 0.29) is 43.4 Å². The molecule has 174 valence electrons. The smallest absolute Gasteiger partial charge is 0.231 e. The highest BCUT2D eigenvalue weighted by atomic mass is 16.7. The van der Waals surface area contributed by atoms with E-state index >= 15 is 0 Å². The van der Waals surface area contributed by atoms with E-state index in [4.69, 9.17) is 33.2 Å². The lowest BCUT2D eigenvalue weighted by atomic mass is 9.84. The fraction of sp³-hybridized carbons (Fsp3) is 0.308. The Morgan fingerprint density at radius 3 is 2.18 bits per heavy atom. The molecule has 4 heterocycles. The summed E-state index contributed by atoms with van der Waals surface area (Å²) in [4.78, 5) is 0. The number of phenolic OH excluding ortho intramolecular Hbond substituents is 1. The predicted octanol–water partition coefficient (Wildman–Crippen LogP) is 4.72. The van der Waals surface area contributed by atoms with E-state index < -0.39 is 0 Å². The zero-order valence-electron chi connectivity index (χ0n) is 18.1. The molecule has 0 aromatic heterocycles. The van der Waals surface area contributed by atoms with Crippen LogP contribution in [0.2, 0.25) is 0 Å². The number of phenols is 1. The summed E-state index contributed by atoms with van der Waals surface area (Å²) in [6.07, 6.45) is -0.347. The molecular formula is C26H22O8. The van der Waals surface area contributed by atoms with E-state index in [1.165, 1.54) is 0 Å². The van der Waals surface area contributed by atoms with Gasteiger partial charge in [0.2, 0.25) is 13.6 Å².